The van der Waals surface area contributed by atoms with Crippen LogP contribution in [0.25, 0.3) is 0 Å². The molecule has 3 nitrogen and oxygen atoms in total. The van der Waals surface area contributed by atoms with E-state index in [-0.39, 0.29) is 0 Å². The summed E-state index contributed by atoms with van der Waals surface area (Å²) in [5.74, 6) is 1.01. The summed E-state index contributed by atoms with van der Waals surface area (Å²) in [6, 6.07) is 7.78. The smallest absolute Gasteiger partial charge is 0.105 e. The number of hydrogen-bond donors (Lipinski definition) is 1. The summed E-state index contributed by atoms with van der Waals surface area (Å²) >= 11 is 0. The van der Waals surface area contributed by atoms with Crippen LogP contribution in [0.4, 0.5) is 5.69 Å². The Hall–Kier alpha value is -1.77. The van der Waals surface area contributed by atoms with Gasteiger partial charge >= 0.3 is 0 Å². The van der Waals surface area contributed by atoms with E-state index in [1.54, 1.807) is 18.7 Å². The third-order valence-corrected chi connectivity index (χ3v) is 1.96. The van der Waals surface area contributed by atoms with Gasteiger partial charge in [0.05, 0.1) is 6.26 Å². The number of aromatic nitrogens is 1. The average molecular weight is 188 g/mol. The molecule has 0 bridgehead atoms. The van der Waals surface area contributed by atoms with Crippen molar-refractivity contribution in [2.75, 3.05) is 11.9 Å². The Labute approximate surface area is 82.8 Å². The van der Waals surface area contributed by atoms with Crippen LogP contribution in [0.3, 0.4) is 0 Å². The van der Waals surface area contributed by atoms with Gasteiger partial charge in [0.2, 0.25) is 0 Å². The van der Waals surface area contributed by atoms with E-state index in [0.717, 1.165) is 24.4 Å². The standard InChI is InChI=1S/C11H12N2O/c1-2-11(14-9-1)5-8-13-10-3-6-12-7-4-10/h1-4,6-7,9H,5,8H2,(H,12,13). The summed E-state index contributed by atoms with van der Waals surface area (Å²) in [4.78, 5) is 3.94. The number of furan rings is 1. The molecule has 0 aliphatic carbocycles. The van der Waals surface area contributed by atoms with Gasteiger partial charge in [-0.25, -0.2) is 0 Å². The first-order valence-electron chi connectivity index (χ1n) is 4.61. The lowest BCUT2D eigenvalue weighted by Crippen LogP contribution is -2.03. The summed E-state index contributed by atoms with van der Waals surface area (Å²) in [6.45, 7) is 0.873. The normalized spacial score (nSPS) is 10.0. The number of anilines is 1. The predicted molar refractivity (Wildman–Crippen MR) is 55.1 cm³/mol. The van der Waals surface area contributed by atoms with Gasteiger partial charge in [0.1, 0.15) is 5.76 Å². The lowest BCUT2D eigenvalue weighted by molar-refractivity contribution is 0.513. The highest BCUT2D eigenvalue weighted by Gasteiger charge is 1.94. The molecule has 0 aliphatic rings. The summed E-state index contributed by atoms with van der Waals surface area (Å²) in [5.41, 5.74) is 1.09. The number of nitrogens with one attached hydrogen (secondary N) is 1. The predicted octanol–water partition coefficient (Wildman–Crippen LogP) is 2.33. The van der Waals surface area contributed by atoms with Gasteiger partial charge < -0.3 is 9.73 Å². The number of pyridine rings is 1. The Morgan fingerprint density at radius 2 is 2.07 bits per heavy atom. The Kier molecular flexibility index (Phi) is 2.81. The molecule has 72 valence electrons. The molecule has 0 atom stereocenters. The van der Waals surface area contributed by atoms with Crippen molar-refractivity contribution in [3.05, 3.63) is 48.7 Å². The van der Waals surface area contributed by atoms with Crippen LogP contribution in [0.1, 0.15) is 5.76 Å². The van der Waals surface area contributed by atoms with Crippen molar-refractivity contribution >= 4 is 5.69 Å². The van der Waals surface area contributed by atoms with Crippen LogP contribution in [-0.4, -0.2) is 11.5 Å². The van der Waals surface area contributed by atoms with Crippen LogP contribution in [0.15, 0.2) is 47.3 Å². The minimum atomic E-state index is 0.873. The van der Waals surface area contributed by atoms with Crippen molar-refractivity contribution in [3.8, 4) is 0 Å². The zero-order chi connectivity index (χ0) is 9.64. The summed E-state index contributed by atoms with van der Waals surface area (Å²) in [6.07, 6.45) is 6.14. The summed E-state index contributed by atoms with van der Waals surface area (Å²) in [7, 11) is 0. The third-order valence-electron chi connectivity index (χ3n) is 1.96. The zero-order valence-corrected chi connectivity index (χ0v) is 7.81. The molecule has 2 rings (SSSR count). The largest absolute Gasteiger partial charge is 0.469 e. The second-order valence-corrected chi connectivity index (χ2v) is 2.99. The maximum atomic E-state index is 5.22. The van der Waals surface area contributed by atoms with E-state index in [1.807, 2.05) is 24.3 Å². The molecule has 1 N–H and O–H groups in total. The molecule has 0 aromatic carbocycles. The first kappa shape index (κ1) is 8.81. The molecule has 0 saturated heterocycles. The van der Waals surface area contributed by atoms with E-state index in [9.17, 15) is 0 Å². The van der Waals surface area contributed by atoms with Crippen molar-refractivity contribution < 1.29 is 4.42 Å². The van der Waals surface area contributed by atoms with E-state index in [1.165, 1.54) is 0 Å². The molecular formula is C11H12N2O. The molecule has 2 aromatic heterocycles. The lowest BCUT2D eigenvalue weighted by atomic mass is 10.3. The SMILES string of the molecule is c1coc(CCNc2ccncc2)c1. The fourth-order valence-corrected chi connectivity index (χ4v) is 1.25. The first-order valence-corrected chi connectivity index (χ1v) is 4.61. The molecule has 2 heterocycles. The average Bonchev–Trinajstić information content (AvgIpc) is 2.72. The quantitative estimate of drug-likeness (QED) is 0.800. The fraction of sp³-hybridized carbons (Fsp3) is 0.182. The zero-order valence-electron chi connectivity index (χ0n) is 7.81. The second-order valence-electron chi connectivity index (χ2n) is 2.99. The molecule has 0 fully saturated rings. The molecular weight excluding hydrogens is 176 g/mol. The van der Waals surface area contributed by atoms with E-state index in [0.29, 0.717) is 0 Å². The van der Waals surface area contributed by atoms with Crippen LogP contribution in [-0.2, 0) is 6.42 Å². The molecule has 14 heavy (non-hydrogen) atoms. The number of rotatable bonds is 4. The van der Waals surface area contributed by atoms with Gasteiger partial charge in [-0.2, -0.15) is 0 Å². The molecule has 3 heteroatoms. The topological polar surface area (TPSA) is 38.1 Å². The van der Waals surface area contributed by atoms with Crippen molar-refractivity contribution in [1.82, 2.24) is 4.98 Å². The third kappa shape index (κ3) is 2.36. The van der Waals surface area contributed by atoms with Crippen molar-refractivity contribution in [2.24, 2.45) is 0 Å². The molecule has 0 amide bonds. The minimum absolute atomic E-state index is 0.873. The van der Waals surface area contributed by atoms with Gasteiger partial charge in [-0.3, -0.25) is 4.98 Å². The maximum absolute atomic E-state index is 5.22. The van der Waals surface area contributed by atoms with Gasteiger partial charge in [-0.15, -0.1) is 0 Å². The second kappa shape index (κ2) is 4.46. The monoisotopic (exact) mass is 188 g/mol. The Morgan fingerprint density at radius 3 is 2.79 bits per heavy atom. The summed E-state index contributed by atoms with van der Waals surface area (Å²) in [5, 5.41) is 3.28. The summed E-state index contributed by atoms with van der Waals surface area (Å²) < 4.78 is 5.22. The van der Waals surface area contributed by atoms with Gasteiger partial charge in [0.25, 0.3) is 0 Å². The highest BCUT2D eigenvalue weighted by molar-refractivity contribution is 5.40. The van der Waals surface area contributed by atoms with Crippen molar-refractivity contribution in [1.29, 1.82) is 0 Å². The molecule has 0 aliphatic heterocycles. The Morgan fingerprint density at radius 1 is 1.21 bits per heavy atom. The van der Waals surface area contributed by atoms with Crippen LogP contribution < -0.4 is 5.32 Å². The van der Waals surface area contributed by atoms with Crippen molar-refractivity contribution in [3.63, 3.8) is 0 Å². The molecule has 0 spiro atoms. The van der Waals surface area contributed by atoms with Crippen LogP contribution in [0.5, 0.6) is 0 Å². The highest BCUT2D eigenvalue weighted by Crippen LogP contribution is 2.05. The number of hydrogen-bond acceptors (Lipinski definition) is 3. The van der Waals surface area contributed by atoms with E-state index < -0.39 is 0 Å². The number of nitrogens with zero attached hydrogens (tertiary/aromatic N) is 1. The molecule has 0 unspecified atom stereocenters. The van der Waals surface area contributed by atoms with Gasteiger partial charge in [-0.1, -0.05) is 0 Å². The van der Waals surface area contributed by atoms with Gasteiger partial charge in [0.15, 0.2) is 0 Å². The van der Waals surface area contributed by atoms with E-state index >= 15 is 0 Å². The highest BCUT2D eigenvalue weighted by atomic mass is 16.3. The van der Waals surface area contributed by atoms with E-state index in [4.69, 9.17) is 4.42 Å². The lowest BCUT2D eigenvalue weighted by Gasteiger charge is -2.03. The molecule has 0 saturated carbocycles. The Bertz CT molecular complexity index is 356. The minimum Gasteiger partial charge on any atom is -0.469 e. The van der Waals surface area contributed by atoms with Crippen LogP contribution in [0.2, 0.25) is 0 Å². The first-order chi connectivity index (χ1) is 6.95. The molecule has 0 radical (unpaired) electrons. The van der Waals surface area contributed by atoms with E-state index in [2.05, 4.69) is 10.3 Å². The molecule has 2 aromatic rings. The van der Waals surface area contributed by atoms with Crippen LogP contribution in [0, 0.1) is 0 Å². The van der Waals surface area contributed by atoms with Crippen LogP contribution >= 0.6 is 0 Å². The van der Waals surface area contributed by atoms with Crippen molar-refractivity contribution in [2.45, 2.75) is 6.42 Å². The fourth-order valence-electron chi connectivity index (χ4n) is 1.25. The Balaban J connectivity index is 1.79. The van der Waals surface area contributed by atoms with Gasteiger partial charge in [-0.05, 0) is 24.3 Å². The van der Waals surface area contributed by atoms with Gasteiger partial charge in [0, 0.05) is 31.0 Å². The maximum Gasteiger partial charge on any atom is 0.105 e.